The SMILES string of the molecule is COc1ccccc1OC1=C(Cl)C(=O)c2ccccc2C1=O. The minimum absolute atomic E-state index is 0.185. The second-order valence-corrected chi connectivity index (χ2v) is 4.98. The summed E-state index contributed by atoms with van der Waals surface area (Å²) >= 11 is 6.04. The lowest BCUT2D eigenvalue weighted by Crippen LogP contribution is -2.23. The zero-order valence-corrected chi connectivity index (χ0v) is 12.4. The molecule has 0 aliphatic heterocycles. The van der Waals surface area contributed by atoms with E-state index in [-0.39, 0.29) is 21.9 Å². The Kier molecular flexibility index (Phi) is 3.69. The second-order valence-electron chi connectivity index (χ2n) is 4.60. The van der Waals surface area contributed by atoms with Crippen molar-refractivity contribution < 1.29 is 19.1 Å². The molecule has 0 heterocycles. The van der Waals surface area contributed by atoms with Gasteiger partial charge in [-0.05, 0) is 12.1 Å². The van der Waals surface area contributed by atoms with E-state index in [1.165, 1.54) is 7.11 Å². The summed E-state index contributed by atoms with van der Waals surface area (Å²) in [6.07, 6.45) is 0. The number of hydrogen-bond donors (Lipinski definition) is 0. The molecule has 0 unspecified atom stereocenters. The van der Waals surface area contributed by atoms with E-state index in [9.17, 15) is 9.59 Å². The molecular formula is C17H11ClO4. The third kappa shape index (κ3) is 2.27. The van der Waals surface area contributed by atoms with Crippen molar-refractivity contribution >= 4 is 23.2 Å². The van der Waals surface area contributed by atoms with Gasteiger partial charge in [0.2, 0.25) is 11.6 Å². The van der Waals surface area contributed by atoms with E-state index in [0.717, 1.165) is 0 Å². The van der Waals surface area contributed by atoms with Crippen LogP contribution < -0.4 is 9.47 Å². The van der Waals surface area contributed by atoms with Gasteiger partial charge < -0.3 is 9.47 Å². The second kappa shape index (κ2) is 5.66. The Morgan fingerprint density at radius 1 is 0.818 bits per heavy atom. The lowest BCUT2D eigenvalue weighted by molar-refractivity contribution is 0.0942. The van der Waals surface area contributed by atoms with Gasteiger partial charge >= 0.3 is 0 Å². The number of carbonyl (C=O) groups excluding carboxylic acids is 2. The molecule has 5 heteroatoms. The van der Waals surface area contributed by atoms with Crippen LogP contribution in [0.5, 0.6) is 11.5 Å². The molecule has 110 valence electrons. The van der Waals surface area contributed by atoms with E-state index < -0.39 is 11.6 Å². The fourth-order valence-electron chi connectivity index (χ4n) is 2.23. The van der Waals surface area contributed by atoms with E-state index in [4.69, 9.17) is 21.1 Å². The number of ketones is 2. The van der Waals surface area contributed by atoms with Gasteiger partial charge in [-0.3, -0.25) is 9.59 Å². The Morgan fingerprint density at radius 2 is 1.36 bits per heavy atom. The fourth-order valence-corrected chi connectivity index (χ4v) is 2.45. The summed E-state index contributed by atoms with van der Waals surface area (Å²) in [6.45, 7) is 0. The van der Waals surface area contributed by atoms with Crippen LogP contribution >= 0.6 is 11.6 Å². The van der Waals surface area contributed by atoms with Crippen molar-refractivity contribution in [3.63, 3.8) is 0 Å². The van der Waals surface area contributed by atoms with Gasteiger partial charge in [0.1, 0.15) is 5.03 Å². The van der Waals surface area contributed by atoms with Gasteiger partial charge in [0.05, 0.1) is 7.11 Å². The number of fused-ring (bicyclic) bond motifs is 1. The highest BCUT2D eigenvalue weighted by Crippen LogP contribution is 2.33. The molecule has 0 N–H and O–H groups in total. The van der Waals surface area contributed by atoms with Gasteiger partial charge in [0.15, 0.2) is 17.3 Å². The highest BCUT2D eigenvalue weighted by atomic mass is 35.5. The third-order valence-corrected chi connectivity index (χ3v) is 3.65. The first-order valence-corrected chi connectivity index (χ1v) is 6.90. The molecule has 2 aromatic rings. The quantitative estimate of drug-likeness (QED) is 0.868. The zero-order valence-electron chi connectivity index (χ0n) is 11.6. The molecule has 0 atom stereocenters. The standard InChI is InChI=1S/C17H11ClO4/c1-21-12-8-4-5-9-13(12)22-17-14(18)15(19)10-6-2-3-7-11(10)16(17)20/h2-9H,1H3. The number of methoxy groups -OCH3 is 1. The van der Waals surface area contributed by atoms with Crippen molar-refractivity contribution in [3.8, 4) is 11.5 Å². The number of hydrogen-bond acceptors (Lipinski definition) is 4. The molecule has 0 saturated heterocycles. The molecule has 0 saturated carbocycles. The van der Waals surface area contributed by atoms with Crippen LogP contribution in [-0.2, 0) is 0 Å². The maximum Gasteiger partial charge on any atom is 0.230 e. The molecule has 0 aromatic heterocycles. The van der Waals surface area contributed by atoms with E-state index in [1.807, 2.05) is 0 Å². The highest BCUT2D eigenvalue weighted by Gasteiger charge is 2.33. The average Bonchev–Trinajstić information content (AvgIpc) is 2.57. The minimum Gasteiger partial charge on any atom is -0.493 e. The largest absolute Gasteiger partial charge is 0.493 e. The Balaban J connectivity index is 2.06. The molecule has 4 nitrogen and oxygen atoms in total. The topological polar surface area (TPSA) is 52.6 Å². The van der Waals surface area contributed by atoms with Crippen molar-refractivity contribution in [2.24, 2.45) is 0 Å². The third-order valence-electron chi connectivity index (χ3n) is 3.30. The van der Waals surface area contributed by atoms with Crippen molar-refractivity contribution in [3.05, 3.63) is 70.4 Å². The minimum atomic E-state index is -0.429. The molecule has 0 fully saturated rings. The van der Waals surface area contributed by atoms with E-state index in [1.54, 1.807) is 48.5 Å². The summed E-state index contributed by atoms with van der Waals surface area (Å²) in [4.78, 5) is 24.8. The maximum absolute atomic E-state index is 12.5. The van der Waals surface area contributed by atoms with Crippen LogP contribution in [0, 0.1) is 0 Å². The van der Waals surface area contributed by atoms with Crippen LogP contribution in [0.2, 0.25) is 0 Å². The maximum atomic E-state index is 12.5. The first-order valence-electron chi connectivity index (χ1n) is 6.52. The zero-order chi connectivity index (χ0) is 15.7. The molecule has 0 bridgehead atoms. The normalized spacial score (nSPS) is 13.9. The van der Waals surface area contributed by atoms with E-state index >= 15 is 0 Å². The number of ether oxygens (including phenoxy) is 2. The van der Waals surface area contributed by atoms with Crippen LogP contribution in [0.1, 0.15) is 20.7 Å². The predicted molar refractivity (Wildman–Crippen MR) is 81.6 cm³/mol. The summed E-state index contributed by atoms with van der Waals surface area (Å²) in [5.74, 6) is -0.278. The van der Waals surface area contributed by atoms with Crippen molar-refractivity contribution in [2.75, 3.05) is 7.11 Å². The number of para-hydroxylation sites is 2. The molecule has 22 heavy (non-hydrogen) atoms. The first kappa shape index (κ1) is 14.4. The van der Waals surface area contributed by atoms with Gasteiger partial charge in [0.25, 0.3) is 0 Å². The molecule has 2 aromatic carbocycles. The number of Topliss-reactive ketones (excluding diaryl/α,β-unsaturated/α-hetero) is 2. The number of rotatable bonds is 3. The van der Waals surface area contributed by atoms with Crippen molar-refractivity contribution in [2.45, 2.75) is 0 Å². The van der Waals surface area contributed by atoms with E-state index in [2.05, 4.69) is 0 Å². The smallest absolute Gasteiger partial charge is 0.230 e. The van der Waals surface area contributed by atoms with Crippen molar-refractivity contribution in [1.82, 2.24) is 0 Å². The lowest BCUT2D eigenvalue weighted by Gasteiger charge is -2.18. The summed E-state index contributed by atoms with van der Waals surface area (Å²) < 4.78 is 10.7. The Morgan fingerprint density at radius 3 is 2.00 bits per heavy atom. The van der Waals surface area contributed by atoms with Gasteiger partial charge in [-0.25, -0.2) is 0 Å². The van der Waals surface area contributed by atoms with E-state index in [0.29, 0.717) is 11.5 Å². The van der Waals surface area contributed by atoms with Crippen molar-refractivity contribution in [1.29, 1.82) is 0 Å². The number of carbonyl (C=O) groups is 2. The van der Waals surface area contributed by atoms with Crippen LogP contribution in [-0.4, -0.2) is 18.7 Å². The summed E-state index contributed by atoms with van der Waals surface area (Å²) in [5.41, 5.74) is 0.562. The predicted octanol–water partition coefficient (Wildman–Crippen LogP) is 3.60. The molecule has 1 aliphatic rings. The first-order chi connectivity index (χ1) is 10.6. The lowest BCUT2D eigenvalue weighted by atomic mass is 9.93. The van der Waals surface area contributed by atoms with Gasteiger partial charge in [-0.1, -0.05) is 48.0 Å². The molecule has 0 spiro atoms. The summed E-state index contributed by atoms with van der Waals surface area (Å²) in [5, 5.41) is -0.227. The Bertz CT molecular complexity index is 808. The van der Waals surface area contributed by atoms with Crippen LogP contribution in [0.3, 0.4) is 0 Å². The fraction of sp³-hybridized carbons (Fsp3) is 0.0588. The summed E-state index contributed by atoms with van der Waals surface area (Å²) in [6, 6.07) is 13.3. The monoisotopic (exact) mass is 314 g/mol. The Hall–Kier alpha value is -2.59. The molecule has 0 radical (unpaired) electrons. The highest BCUT2D eigenvalue weighted by molar-refractivity contribution is 6.49. The van der Waals surface area contributed by atoms with Crippen LogP contribution in [0.4, 0.5) is 0 Å². The van der Waals surface area contributed by atoms with Gasteiger partial charge in [-0.15, -0.1) is 0 Å². The number of allylic oxidation sites excluding steroid dienone is 2. The molecule has 0 amide bonds. The number of benzene rings is 2. The summed E-state index contributed by atoms with van der Waals surface area (Å²) in [7, 11) is 1.49. The van der Waals surface area contributed by atoms with Gasteiger partial charge in [0, 0.05) is 11.1 Å². The molecular weight excluding hydrogens is 304 g/mol. The van der Waals surface area contributed by atoms with Crippen LogP contribution in [0.25, 0.3) is 0 Å². The molecule has 3 rings (SSSR count). The number of halogens is 1. The molecule has 1 aliphatic carbocycles. The Labute approximate surface area is 131 Å². The van der Waals surface area contributed by atoms with Gasteiger partial charge in [-0.2, -0.15) is 0 Å². The van der Waals surface area contributed by atoms with Crippen LogP contribution in [0.15, 0.2) is 59.3 Å². The average molecular weight is 315 g/mol.